The van der Waals surface area contributed by atoms with Crippen molar-refractivity contribution in [3.8, 4) is 0 Å². The van der Waals surface area contributed by atoms with Gasteiger partial charge in [0.1, 0.15) is 5.82 Å². The lowest BCUT2D eigenvalue weighted by Gasteiger charge is -2.26. The van der Waals surface area contributed by atoms with E-state index < -0.39 is 5.54 Å². The summed E-state index contributed by atoms with van der Waals surface area (Å²) in [5.41, 5.74) is 6.94. The van der Waals surface area contributed by atoms with Gasteiger partial charge in [0, 0.05) is 15.6 Å². The summed E-state index contributed by atoms with van der Waals surface area (Å²) in [6.07, 6.45) is 0.347. The molecule has 0 aliphatic heterocycles. The largest absolute Gasteiger partial charge is 0.321 e. The first-order valence-electron chi connectivity index (χ1n) is 5.87. The highest BCUT2D eigenvalue weighted by Gasteiger charge is 2.23. The fraction of sp³-hybridized carbons (Fsp3) is 0.200. The summed E-state index contributed by atoms with van der Waals surface area (Å²) >= 11 is 11.8. The van der Waals surface area contributed by atoms with Gasteiger partial charge in [-0.1, -0.05) is 35.3 Å². The predicted molar refractivity (Wildman–Crippen MR) is 78.1 cm³/mol. The minimum Gasteiger partial charge on any atom is -0.321 e. The normalized spacial score (nSPS) is 14.2. The van der Waals surface area contributed by atoms with Crippen LogP contribution in [0.15, 0.2) is 42.5 Å². The Bertz CT molecular complexity index is 596. The van der Waals surface area contributed by atoms with Crippen LogP contribution in [-0.2, 0) is 12.0 Å². The molecule has 0 aliphatic carbocycles. The van der Waals surface area contributed by atoms with Crippen molar-refractivity contribution in [2.24, 2.45) is 5.73 Å². The van der Waals surface area contributed by atoms with Crippen molar-refractivity contribution in [3.05, 3.63) is 69.5 Å². The van der Waals surface area contributed by atoms with Crippen LogP contribution in [0.4, 0.5) is 4.39 Å². The van der Waals surface area contributed by atoms with Gasteiger partial charge in [-0.3, -0.25) is 0 Å². The van der Waals surface area contributed by atoms with Gasteiger partial charge >= 0.3 is 0 Å². The van der Waals surface area contributed by atoms with E-state index in [1.165, 1.54) is 12.1 Å². The zero-order chi connectivity index (χ0) is 14.0. The van der Waals surface area contributed by atoms with Gasteiger partial charge in [-0.05, 0) is 54.8 Å². The molecule has 0 spiro atoms. The fourth-order valence-corrected chi connectivity index (χ4v) is 2.41. The van der Waals surface area contributed by atoms with Gasteiger partial charge in [-0.2, -0.15) is 0 Å². The summed E-state index contributed by atoms with van der Waals surface area (Å²) in [5, 5.41) is 1.11. The Kier molecular flexibility index (Phi) is 4.14. The molecule has 100 valence electrons. The van der Waals surface area contributed by atoms with Crippen molar-refractivity contribution in [3.63, 3.8) is 0 Å². The monoisotopic (exact) mass is 297 g/mol. The van der Waals surface area contributed by atoms with E-state index in [4.69, 9.17) is 28.9 Å². The van der Waals surface area contributed by atoms with Crippen molar-refractivity contribution in [2.75, 3.05) is 0 Å². The molecule has 19 heavy (non-hydrogen) atoms. The number of benzene rings is 2. The van der Waals surface area contributed by atoms with Crippen molar-refractivity contribution in [2.45, 2.75) is 18.9 Å². The molecule has 0 radical (unpaired) electrons. The molecule has 2 aromatic rings. The van der Waals surface area contributed by atoms with Crippen LogP contribution in [0.3, 0.4) is 0 Å². The molecule has 1 atom stereocenters. The maximum absolute atomic E-state index is 13.8. The molecule has 2 rings (SSSR count). The van der Waals surface area contributed by atoms with Crippen LogP contribution in [0, 0.1) is 5.82 Å². The Morgan fingerprint density at radius 2 is 1.79 bits per heavy atom. The lowest BCUT2D eigenvalue weighted by molar-refractivity contribution is 0.475. The van der Waals surface area contributed by atoms with Crippen LogP contribution in [0.1, 0.15) is 18.1 Å². The van der Waals surface area contributed by atoms with Gasteiger partial charge in [0.2, 0.25) is 0 Å². The second kappa shape index (κ2) is 5.49. The average Bonchev–Trinajstić information content (AvgIpc) is 2.33. The molecule has 0 aromatic heterocycles. The zero-order valence-corrected chi connectivity index (χ0v) is 12.0. The minimum atomic E-state index is -0.712. The molecule has 1 nitrogen and oxygen atoms in total. The molecule has 0 fully saturated rings. The first kappa shape index (κ1) is 14.3. The highest BCUT2D eigenvalue weighted by molar-refractivity contribution is 6.30. The van der Waals surface area contributed by atoms with Crippen molar-refractivity contribution in [1.82, 2.24) is 0 Å². The molecule has 0 heterocycles. The van der Waals surface area contributed by atoms with E-state index in [2.05, 4.69) is 0 Å². The first-order valence-corrected chi connectivity index (χ1v) is 6.63. The number of hydrogen-bond donors (Lipinski definition) is 1. The van der Waals surface area contributed by atoms with Crippen molar-refractivity contribution < 1.29 is 4.39 Å². The van der Waals surface area contributed by atoms with Crippen LogP contribution in [0.25, 0.3) is 0 Å². The van der Waals surface area contributed by atoms with E-state index in [9.17, 15) is 4.39 Å². The molecule has 4 heteroatoms. The van der Waals surface area contributed by atoms with E-state index in [-0.39, 0.29) is 5.82 Å². The van der Waals surface area contributed by atoms with Gasteiger partial charge in [-0.25, -0.2) is 4.39 Å². The average molecular weight is 298 g/mol. The lowest BCUT2D eigenvalue weighted by atomic mass is 9.86. The van der Waals surface area contributed by atoms with Crippen LogP contribution >= 0.6 is 23.2 Å². The second-order valence-electron chi connectivity index (χ2n) is 4.84. The standard InChI is InChI=1S/C15H14Cl2FN/c1-15(19,11-3-2-4-12(16)8-11)9-10-7-13(17)5-6-14(10)18/h2-8H,9,19H2,1H3. The van der Waals surface area contributed by atoms with Crippen LogP contribution < -0.4 is 5.73 Å². The Balaban J connectivity index is 2.33. The van der Waals surface area contributed by atoms with E-state index >= 15 is 0 Å². The Labute approximate surface area is 122 Å². The third-order valence-corrected chi connectivity index (χ3v) is 3.52. The summed E-state index contributed by atoms with van der Waals surface area (Å²) in [6, 6.07) is 11.8. The van der Waals surface area contributed by atoms with Gasteiger partial charge in [0.05, 0.1) is 0 Å². The summed E-state index contributed by atoms with van der Waals surface area (Å²) in [5.74, 6) is -0.303. The summed E-state index contributed by atoms with van der Waals surface area (Å²) < 4.78 is 13.8. The molecule has 0 aliphatic rings. The number of halogens is 3. The third kappa shape index (κ3) is 3.47. The van der Waals surface area contributed by atoms with E-state index in [1.54, 1.807) is 18.2 Å². The Morgan fingerprint density at radius 3 is 2.47 bits per heavy atom. The van der Waals surface area contributed by atoms with Crippen LogP contribution in [0.2, 0.25) is 10.0 Å². The van der Waals surface area contributed by atoms with E-state index in [0.717, 1.165) is 5.56 Å². The highest BCUT2D eigenvalue weighted by atomic mass is 35.5. The maximum Gasteiger partial charge on any atom is 0.126 e. The molecule has 2 aromatic carbocycles. The predicted octanol–water partition coefficient (Wildman–Crippen LogP) is 4.55. The highest BCUT2D eigenvalue weighted by Crippen LogP contribution is 2.27. The zero-order valence-electron chi connectivity index (χ0n) is 10.5. The van der Waals surface area contributed by atoms with Gasteiger partial charge in [-0.15, -0.1) is 0 Å². The van der Waals surface area contributed by atoms with E-state index in [1.807, 2.05) is 19.1 Å². The van der Waals surface area contributed by atoms with Crippen molar-refractivity contribution >= 4 is 23.2 Å². The van der Waals surface area contributed by atoms with Gasteiger partial charge in [0.25, 0.3) is 0 Å². The number of nitrogens with two attached hydrogens (primary N) is 1. The van der Waals surface area contributed by atoms with Crippen molar-refractivity contribution in [1.29, 1.82) is 0 Å². The fourth-order valence-electron chi connectivity index (χ4n) is 2.02. The second-order valence-corrected chi connectivity index (χ2v) is 5.71. The summed E-state index contributed by atoms with van der Waals surface area (Å²) in [7, 11) is 0. The molecule has 2 N–H and O–H groups in total. The third-order valence-electron chi connectivity index (χ3n) is 3.05. The smallest absolute Gasteiger partial charge is 0.126 e. The van der Waals surface area contributed by atoms with E-state index in [0.29, 0.717) is 22.0 Å². The summed E-state index contributed by atoms with van der Waals surface area (Å²) in [4.78, 5) is 0. The molecule has 0 bridgehead atoms. The van der Waals surface area contributed by atoms with Crippen LogP contribution in [0.5, 0.6) is 0 Å². The Morgan fingerprint density at radius 1 is 1.11 bits per heavy atom. The number of hydrogen-bond acceptors (Lipinski definition) is 1. The van der Waals surface area contributed by atoms with Crippen LogP contribution in [-0.4, -0.2) is 0 Å². The Hall–Kier alpha value is -1.09. The SMILES string of the molecule is CC(N)(Cc1cc(Cl)ccc1F)c1cccc(Cl)c1. The number of rotatable bonds is 3. The lowest BCUT2D eigenvalue weighted by Crippen LogP contribution is -2.35. The first-order chi connectivity index (χ1) is 8.88. The molecular formula is C15H14Cl2FN. The molecule has 0 saturated heterocycles. The molecule has 0 amide bonds. The molecule has 0 saturated carbocycles. The summed E-state index contributed by atoms with van der Waals surface area (Å²) in [6.45, 7) is 1.85. The topological polar surface area (TPSA) is 26.0 Å². The minimum absolute atomic E-state index is 0.303. The maximum atomic E-state index is 13.8. The molecule has 1 unspecified atom stereocenters. The van der Waals surface area contributed by atoms with Gasteiger partial charge in [0.15, 0.2) is 0 Å². The van der Waals surface area contributed by atoms with Gasteiger partial charge < -0.3 is 5.73 Å². The molecular weight excluding hydrogens is 284 g/mol. The quantitative estimate of drug-likeness (QED) is 0.884.